The molecule has 1 aromatic heterocycles. The molecular weight excluding hydrogens is 276 g/mol. The average Bonchev–Trinajstić information content (AvgIpc) is 2.96. The van der Waals surface area contributed by atoms with E-state index in [0.717, 1.165) is 12.8 Å². The van der Waals surface area contributed by atoms with Gasteiger partial charge in [-0.1, -0.05) is 19.8 Å². The van der Waals surface area contributed by atoms with E-state index in [1.165, 1.54) is 12.8 Å². The summed E-state index contributed by atoms with van der Waals surface area (Å²) in [7, 11) is -1.74. The monoisotopic (exact) mass is 300 g/mol. The molecule has 0 amide bonds. The fourth-order valence-electron chi connectivity index (χ4n) is 2.86. The molecular formula is C13H24N4O2S. The molecule has 6 nitrogen and oxygen atoms in total. The molecule has 3 N–H and O–H groups in total. The molecule has 1 saturated carbocycles. The van der Waals surface area contributed by atoms with Gasteiger partial charge in [-0.2, -0.15) is 5.10 Å². The van der Waals surface area contributed by atoms with Gasteiger partial charge in [-0.15, -0.1) is 0 Å². The normalized spacial score (nSPS) is 18.6. The van der Waals surface area contributed by atoms with Crippen molar-refractivity contribution >= 4 is 10.0 Å². The minimum Gasteiger partial charge on any atom is -0.314 e. The minimum atomic E-state index is -3.51. The van der Waals surface area contributed by atoms with Crippen molar-refractivity contribution in [2.45, 2.75) is 51.0 Å². The number of hydrogen-bond acceptors (Lipinski definition) is 4. The first kappa shape index (κ1) is 15.5. The number of aryl methyl sites for hydroxylation is 1. The number of aromatic amines is 1. The van der Waals surface area contributed by atoms with Crippen LogP contribution in [0.4, 0.5) is 0 Å². The smallest absolute Gasteiger partial charge is 0.244 e. The van der Waals surface area contributed by atoms with E-state index in [4.69, 9.17) is 0 Å². The molecule has 0 unspecified atom stereocenters. The Kier molecular flexibility index (Phi) is 4.51. The SMILES string of the molecule is CNCc1n[nH]c(C)c1S(=O)(=O)NCC1(C)CCCC1. The lowest BCUT2D eigenvalue weighted by Gasteiger charge is -2.23. The Hall–Kier alpha value is -0.920. The number of aromatic nitrogens is 2. The lowest BCUT2D eigenvalue weighted by molar-refractivity contribution is 0.336. The van der Waals surface area contributed by atoms with Gasteiger partial charge in [-0.3, -0.25) is 5.10 Å². The third kappa shape index (κ3) is 3.21. The molecule has 0 atom stereocenters. The first-order valence-corrected chi connectivity index (χ1v) is 8.54. The third-order valence-electron chi connectivity index (χ3n) is 4.07. The zero-order valence-corrected chi connectivity index (χ0v) is 13.2. The molecule has 1 aliphatic carbocycles. The predicted octanol–water partition coefficient (Wildman–Crippen LogP) is 1.30. The maximum atomic E-state index is 12.5. The van der Waals surface area contributed by atoms with Crippen LogP contribution in [-0.4, -0.2) is 32.2 Å². The molecule has 2 rings (SSSR count). The second-order valence-electron chi connectivity index (χ2n) is 6.00. The molecule has 1 heterocycles. The Morgan fingerprint density at radius 3 is 2.60 bits per heavy atom. The van der Waals surface area contributed by atoms with Crippen LogP contribution < -0.4 is 10.0 Å². The Morgan fingerprint density at radius 1 is 1.35 bits per heavy atom. The maximum Gasteiger partial charge on any atom is 0.244 e. The van der Waals surface area contributed by atoms with Crippen molar-refractivity contribution in [2.75, 3.05) is 13.6 Å². The van der Waals surface area contributed by atoms with Gasteiger partial charge in [-0.25, -0.2) is 13.1 Å². The van der Waals surface area contributed by atoms with Crippen LogP contribution in [0.3, 0.4) is 0 Å². The second-order valence-corrected chi connectivity index (χ2v) is 7.70. The average molecular weight is 300 g/mol. The number of sulfonamides is 1. The van der Waals surface area contributed by atoms with E-state index in [9.17, 15) is 8.42 Å². The van der Waals surface area contributed by atoms with Gasteiger partial charge in [0.2, 0.25) is 10.0 Å². The van der Waals surface area contributed by atoms with E-state index in [1.807, 2.05) is 0 Å². The topological polar surface area (TPSA) is 86.9 Å². The van der Waals surface area contributed by atoms with Crippen LogP contribution in [0.2, 0.25) is 0 Å². The van der Waals surface area contributed by atoms with Crippen molar-refractivity contribution < 1.29 is 8.42 Å². The van der Waals surface area contributed by atoms with Gasteiger partial charge in [-0.05, 0) is 32.2 Å². The number of hydrogen-bond donors (Lipinski definition) is 3. The van der Waals surface area contributed by atoms with Crippen molar-refractivity contribution in [1.82, 2.24) is 20.2 Å². The fraction of sp³-hybridized carbons (Fsp3) is 0.769. The van der Waals surface area contributed by atoms with Crippen molar-refractivity contribution in [2.24, 2.45) is 5.41 Å². The minimum absolute atomic E-state index is 0.0912. The molecule has 1 fully saturated rings. The van der Waals surface area contributed by atoms with E-state index in [1.54, 1.807) is 14.0 Å². The van der Waals surface area contributed by atoms with E-state index in [0.29, 0.717) is 24.5 Å². The van der Waals surface area contributed by atoms with Crippen LogP contribution in [0, 0.1) is 12.3 Å². The van der Waals surface area contributed by atoms with Gasteiger partial charge < -0.3 is 5.32 Å². The summed E-state index contributed by atoms with van der Waals surface area (Å²) in [5.74, 6) is 0. The molecule has 20 heavy (non-hydrogen) atoms. The molecule has 7 heteroatoms. The van der Waals surface area contributed by atoms with Gasteiger partial charge in [0.15, 0.2) is 0 Å². The van der Waals surface area contributed by atoms with Gasteiger partial charge in [0.1, 0.15) is 4.90 Å². The van der Waals surface area contributed by atoms with Crippen LogP contribution in [0.15, 0.2) is 4.90 Å². The van der Waals surface area contributed by atoms with Crippen molar-refractivity contribution in [3.63, 3.8) is 0 Å². The highest BCUT2D eigenvalue weighted by Gasteiger charge is 2.32. The molecule has 1 aromatic rings. The largest absolute Gasteiger partial charge is 0.314 e. The number of rotatable bonds is 6. The molecule has 0 radical (unpaired) electrons. The first-order chi connectivity index (χ1) is 9.38. The van der Waals surface area contributed by atoms with Crippen LogP contribution in [0.5, 0.6) is 0 Å². The van der Waals surface area contributed by atoms with Gasteiger partial charge in [0.25, 0.3) is 0 Å². The van der Waals surface area contributed by atoms with Crippen LogP contribution in [0.25, 0.3) is 0 Å². The Bertz CT molecular complexity index is 559. The van der Waals surface area contributed by atoms with Gasteiger partial charge in [0.05, 0.1) is 11.4 Å². The molecule has 0 aliphatic heterocycles. The summed E-state index contributed by atoms with van der Waals surface area (Å²) in [5.41, 5.74) is 1.21. The van der Waals surface area contributed by atoms with E-state index in [-0.39, 0.29) is 10.3 Å². The molecule has 0 saturated heterocycles. The molecule has 0 spiro atoms. The highest BCUT2D eigenvalue weighted by atomic mass is 32.2. The highest BCUT2D eigenvalue weighted by molar-refractivity contribution is 7.89. The second kappa shape index (κ2) is 5.83. The summed E-state index contributed by atoms with van der Waals surface area (Å²) < 4.78 is 27.8. The quantitative estimate of drug-likeness (QED) is 0.739. The Labute approximate surface area is 120 Å². The maximum absolute atomic E-state index is 12.5. The molecule has 0 aromatic carbocycles. The summed E-state index contributed by atoms with van der Waals surface area (Å²) in [6.07, 6.45) is 4.55. The van der Waals surface area contributed by atoms with Crippen LogP contribution in [-0.2, 0) is 16.6 Å². The molecule has 1 aliphatic rings. The standard InChI is InChI=1S/C13H24N4O2S/c1-10-12(11(8-14-3)17-16-10)20(18,19)15-9-13(2)6-4-5-7-13/h14-15H,4-9H2,1-3H3,(H,16,17). The van der Waals surface area contributed by atoms with E-state index >= 15 is 0 Å². The number of nitrogens with one attached hydrogen (secondary N) is 3. The predicted molar refractivity (Wildman–Crippen MR) is 77.9 cm³/mol. The van der Waals surface area contributed by atoms with Crippen LogP contribution in [0.1, 0.15) is 44.0 Å². The number of H-pyrrole nitrogens is 1. The zero-order valence-electron chi connectivity index (χ0n) is 12.4. The summed E-state index contributed by atoms with van der Waals surface area (Å²) in [5, 5.41) is 9.76. The van der Waals surface area contributed by atoms with Gasteiger partial charge in [0, 0.05) is 13.1 Å². The van der Waals surface area contributed by atoms with Crippen molar-refractivity contribution in [1.29, 1.82) is 0 Å². The summed E-state index contributed by atoms with van der Waals surface area (Å²) in [4.78, 5) is 0.286. The lowest BCUT2D eigenvalue weighted by atomic mass is 9.89. The fourth-order valence-corrected chi connectivity index (χ4v) is 4.42. The first-order valence-electron chi connectivity index (χ1n) is 7.06. The number of nitrogens with zero attached hydrogens (tertiary/aromatic N) is 1. The third-order valence-corrected chi connectivity index (χ3v) is 5.68. The Balaban J connectivity index is 2.16. The van der Waals surface area contributed by atoms with Gasteiger partial charge >= 0.3 is 0 Å². The molecule has 114 valence electrons. The van der Waals surface area contributed by atoms with E-state index in [2.05, 4.69) is 27.2 Å². The summed E-state index contributed by atoms with van der Waals surface area (Å²) in [6.45, 7) is 4.81. The molecule has 0 bridgehead atoms. The summed E-state index contributed by atoms with van der Waals surface area (Å²) >= 11 is 0. The van der Waals surface area contributed by atoms with E-state index < -0.39 is 10.0 Å². The highest BCUT2D eigenvalue weighted by Crippen LogP contribution is 2.37. The van der Waals surface area contributed by atoms with Crippen molar-refractivity contribution in [3.05, 3.63) is 11.4 Å². The summed E-state index contributed by atoms with van der Waals surface area (Å²) in [6, 6.07) is 0. The van der Waals surface area contributed by atoms with Crippen LogP contribution >= 0.6 is 0 Å². The van der Waals surface area contributed by atoms with Crippen molar-refractivity contribution in [3.8, 4) is 0 Å². The zero-order chi connectivity index (χ0) is 14.8. The lowest BCUT2D eigenvalue weighted by Crippen LogP contribution is -2.34. The Morgan fingerprint density at radius 2 is 2.00 bits per heavy atom.